The van der Waals surface area contributed by atoms with Crippen molar-refractivity contribution in [1.82, 2.24) is 25.1 Å². The van der Waals surface area contributed by atoms with E-state index in [1.54, 1.807) is 18.3 Å². The number of benzene rings is 2. The van der Waals surface area contributed by atoms with E-state index in [4.69, 9.17) is 4.74 Å². The number of methoxy groups -OCH3 is 1. The van der Waals surface area contributed by atoms with Crippen molar-refractivity contribution in [3.63, 3.8) is 0 Å². The van der Waals surface area contributed by atoms with Crippen molar-refractivity contribution in [3.05, 3.63) is 48.5 Å². The Kier molecular flexibility index (Phi) is 5.61. The number of hydrogen-bond acceptors (Lipinski definition) is 5. The molecule has 0 atom stereocenters. The Morgan fingerprint density at radius 3 is 2.56 bits per heavy atom. The van der Waals surface area contributed by atoms with Crippen molar-refractivity contribution in [2.24, 2.45) is 0 Å². The number of aryl methyl sites for hydroxylation is 1. The lowest BCUT2D eigenvalue weighted by molar-refractivity contribution is 0.386. The van der Waals surface area contributed by atoms with E-state index >= 15 is 0 Å². The molecule has 2 aromatic carbocycles. The molecule has 0 saturated carbocycles. The summed E-state index contributed by atoms with van der Waals surface area (Å²) >= 11 is 0. The SMILES string of the molecule is CCn1cc2cc3ncc(-c4ccc(OC)c(F)c4)nc3cc2n1.CNC. The normalized spacial score (nSPS) is 10.7. The van der Waals surface area contributed by atoms with Gasteiger partial charge in [0.25, 0.3) is 0 Å². The molecule has 4 aromatic rings. The van der Waals surface area contributed by atoms with Gasteiger partial charge in [-0.15, -0.1) is 0 Å². The van der Waals surface area contributed by atoms with E-state index in [1.165, 1.54) is 13.2 Å². The quantitative estimate of drug-likeness (QED) is 0.599. The molecule has 0 amide bonds. The van der Waals surface area contributed by atoms with E-state index in [1.807, 2.05) is 44.0 Å². The number of fused-ring (bicyclic) bond motifs is 2. The van der Waals surface area contributed by atoms with Gasteiger partial charge in [-0.3, -0.25) is 9.67 Å². The first-order chi connectivity index (χ1) is 13.1. The Labute approximate surface area is 157 Å². The Hall–Kier alpha value is -3.06. The van der Waals surface area contributed by atoms with Gasteiger partial charge in [-0.25, -0.2) is 9.37 Å². The minimum Gasteiger partial charge on any atom is -0.494 e. The van der Waals surface area contributed by atoms with Gasteiger partial charge in [-0.2, -0.15) is 5.10 Å². The Morgan fingerprint density at radius 2 is 1.89 bits per heavy atom. The summed E-state index contributed by atoms with van der Waals surface area (Å²) in [4.78, 5) is 9.07. The molecule has 0 aliphatic carbocycles. The average molecular weight is 367 g/mol. The van der Waals surface area contributed by atoms with Crippen LogP contribution in [0.4, 0.5) is 4.39 Å². The van der Waals surface area contributed by atoms with E-state index in [0.717, 1.165) is 28.5 Å². The summed E-state index contributed by atoms with van der Waals surface area (Å²) in [6.45, 7) is 2.85. The van der Waals surface area contributed by atoms with Crippen LogP contribution in [0.3, 0.4) is 0 Å². The monoisotopic (exact) mass is 367 g/mol. The van der Waals surface area contributed by atoms with Gasteiger partial charge in [0.2, 0.25) is 0 Å². The molecule has 2 aromatic heterocycles. The van der Waals surface area contributed by atoms with Crippen LogP contribution in [0.5, 0.6) is 5.75 Å². The molecule has 4 rings (SSSR count). The van der Waals surface area contributed by atoms with Crippen LogP contribution < -0.4 is 10.1 Å². The van der Waals surface area contributed by atoms with Crippen LogP contribution in [-0.2, 0) is 6.54 Å². The minimum atomic E-state index is -0.422. The van der Waals surface area contributed by atoms with Crippen LogP contribution >= 0.6 is 0 Å². The maximum atomic E-state index is 13.9. The van der Waals surface area contributed by atoms with Crippen molar-refractivity contribution in [2.75, 3.05) is 21.2 Å². The summed E-state index contributed by atoms with van der Waals surface area (Å²) in [5, 5.41) is 8.27. The lowest BCUT2D eigenvalue weighted by Crippen LogP contribution is -1.92. The predicted molar refractivity (Wildman–Crippen MR) is 105 cm³/mol. The number of halogens is 1. The number of nitrogens with one attached hydrogen (secondary N) is 1. The molecule has 6 nitrogen and oxygen atoms in total. The van der Waals surface area contributed by atoms with Crippen LogP contribution in [0.25, 0.3) is 33.2 Å². The topological polar surface area (TPSA) is 64.9 Å². The molecule has 0 aliphatic heterocycles. The average Bonchev–Trinajstić information content (AvgIpc) is 3.08. The highest BCUT2D eigenvalue weighted by Gasteiger charge is 2.09. The van der Waals surface area contributed by atoms with Gasteiger partial charge in [0.05, 0.1) is 35.6 Å². The second-order valence-corrected chi connectivity index (χ2v) is 5.99. The summed E-state index contributed by atoms with van der Waals surface area (Å²) in [5.41, 5.74) is 3.66. The van der Waals surface area contributed by atoms with Gasteiger partial charge in [0, 0.05) is 23.7 Å². The maximum Gasteiger partial charge on any atom is 0.165 e. The first-order valence-corrected chi connectivity index (χ1v) is 8.66. The summed E-state index contributed by atoms with van der Waals surface area (Å²) in [5.74, 6) is -0.214. The van der Waals surface area contributed by atoms with Gasteiger partial charge in [-0.1, -0.05) is 0 Å². The first kappa shape index (κ1) is 18.7. The van der Waals surface area contributed by atoms with E-state index in [-0.39, 0.29) is 5.75 Å². The van der Waals surface area contributed by atoms with Crippen LogP contribution in [0, 0.1) is 5.82 Å². The van der Waals surface area contributed by atoms with Crippen molar-refractivity contribution >= 4 is 21.9 Å². The zero-order valence-corrected chi connectivity index (χ0v) is 15.8. The first-order valence-electron chi connectivity index (χ1n) is 8.66. The second kappa shape index (κ2) is 8.09. The Bertz CT molecular complexity index is 1080. The van der Waals surface area contributed by atoms with E-state index in [9.17, 15) is 4.39 Å². The molecule has 7 heteroatoms. The molecule has 0 spiro atoms. The highest BCUT2D eigenvalue weighted by molar-refractivity contribution is 5.93. The van der Waals surface area contributed by atoms with Crippen molar-refractivity contribution in [3.8, 4) is 17.0 Å². The number of nitrogens with zero attached hydrogens (tertiary/aromatic N) is 4. The van der Waals surface area contributed by atoms with Crippen molar-refractivity contribution in [1.29, 1.82) is 0 Å². The smallest absolute Gasteiger partial charge is 0.165 e. The standard InChI is InChI=1S/C18H15FN4O.C2H7N/c1-3-23-10-12-7-15-16(8-14(12)22-23)21-17(9-20-15)11-4-5-18(24-2)13(19)6-11;1-3-2/h4-10H,3H2,1-2H3;3H,1-2H3. The molecule has 140 valence electrons. The summed E-state index contributed by atoms with van der Waals surface area (Å²) in [6.07, 6.45) is 3.64. The third-order valence-electron chi connectivity index (χ3n) is 3.99. The largest absolute Gasteiger partial charge is 0.494 e. The van der Waals surface area contributed by atoms with E-state index < -0.39 is 5.82 Å². The Morgan fingerprint density at radius 1 is 1.11 bits per heavy atom. The molecular formula is C20H22FN5O. The highest BCUT2D eigenvalue weighted by Crippen LogP contribution is 2.26. The fourth-order valence-corrected chi connectivity index (χ4v) is 2.71. The molecule has 2 heterocycles. The molecule has 0 saturated heterocycles. The zero-order valence-electron chi connectivity index (χ0n) is 15.8. The molecule has 0 bridgehead atoms. The number of ether oxygens (including phenoxy) is 1. The summed E-state index contributed by atoms with van der Waals surface area (Å²) in [6, 6.07) is 8.63. The fourth-order valence-electron chi connectivity index (χ4n) is 2.71. The lowest BCUT2D eigenvalue weighted by atomic mass is 10.1. The summed E-state index contributed by atoms with van der Waals surface area (Å²) in [7, 11) is 5.19. The van der Waals surface area contributed by atoms with Crippen LogP contribution in [0.2, 0.25) is 0 Å². The minimum absolute atomic E-state index is 0.208. The van der Waals surface area contributed by atoms with E-state index in [0.29, 0.717) is 11.3 Å². The van der Waals surface area contributed by atoms with Gasteiger partial charge < -0.3 is 10.1 Å². The molecule has 0 fully saturated rings. The zero-order chi connectivity index (χ0) is 19.4. The van der Waals surface area contributed by atoms with Crippen LogP contribution in [0.1, 0.15) is 6.92 Å². The number of hydrogen-bond donors (Lipinski definition) is 1. The molecule has 0 unspecified atom stereocenters. The fraction of sp³-hybridized carbons (Fsp3) is 0.250. The molecular weight excluding hydrogens is 345 g/mol. The molecule has 1 N–H and O–H groups in total. The van der Waals surface area contributed by atoms with Gasteiger partial charge in [-0.05, 0) is 51.4 Å². The van der Waals surface area contributed by atoms with Crippen LogP contribution in [0.15, 0.2) is 42.7 Å². The second-order valence-electron chi connectivity index (χ2n) is 5.99. The third kappa shape index (κ3) is 3.88. The van der Waals surface area contributed by atoms with E-state index in [2.05, 4.69) is 20.4 Å². The van der Waals surface area contributed by atoms with Crippen LogP contribution in [-0.4, -0.2) is 41.0 Å². The molecule has 27 heavy (non-hydrogen) atoms. The number of aromatic nitrogens is 4. The Balaban J connectivity index is 0.000000659. The molecule has 0 aliphatic rings. The van der Waals surface area contributed by atoms with Crippen molar-refractivity contribution in [2.45, 2.75) is 13.5 Å². The van der Waals surface area contributed by atoms with Gasteiger partial charge in [0.15, 0.2) is 11.6 Å². The summed E-state index contributed by atoms with van der Waals surface area (Å²) < 4.78 is 20.7. The van der Waals surface area contributed by atoms with Gasteiger partial charge in [0.1, 0.15) is 0 Å². The molecule has 0 radical (unpaired) electrons. The maximum absolute atomic E-state index is 13.9. The van der Waals surface area contributed by atoms with Gasteiger partial charge >= 0.3 is 0 Å². The third-order valence-corrected chi connectivity index (χ3v) is 3.99. The highest BCUT2D eigenvalue weighted by atomic mass is 19.1. The lowest BCUT2D eigenvalue weighted by Gasteiger charge is -2.05. The number of rotatable bonds is 3. The predicted octanol–water partition coefficient (Wildman–Crippen LogP) is 3.65. The van der Waals surface area contributed by atoms with Crippen molar-refractivity contribution < 1.29 is 9.13 Å².